The van der Waals surface area contributed by atoms with Crippen LogP contribution in [0.3, 0.4) is 0 Å². The molecule has 0 spiro atoms. The Morgan fingerprint density at radius 2 is 2.20 bits per heavy atom. The maximum atomic E-state index is 11.7. The summed E-state index contributed by atoms with van der Waals surface area (Å²) in [7, 11) is 0. The van der Waals surface area contributed by atoms with Crippen LogP contribution in [-0.2, 0) is 0 Å². The van der Waals surface area contributed by atoms with Gasteiger partial charge < -0.3 is 5.11 Å². The average molecular weight is 337 g/mol. The predicted octanol–water partition coefficient (Wildman–Crippen LogP) is 2.26. The van der Waals surface area contributed by atoms with Gasteiger partial charge in [-0.3, -0.25) is 9.89 Å². The van der Waals surface area contributed by atoms with E-state index in [4.69, 9.17) is 0 Å². The van der Waals surface area contributed by atoms with Crippen LogP contribution >= 0.6 is 15.9 Å². The molecule has 1 aromatic carbocycles. The number of nitrogens with zero attached hydrogens (tertiary/aromatic N) is 2. The molecule has 0 atom stereocenters. The maximum absolute atomic E-state index is 11.7. The SMILES string of the molecule is Cc1cc(C(=O)N/N=C\c2cc(Br)cc(C)c2O)n[nH]1. The van der Waals surface area contributed by atoms with Gasteiger partial charge in [0.2, 0.25) is 0 Å². The first-order chi connectivity index (χ1) is 9.47. The zero-order valence-corrected chi connectivity index (χ0v) is 12.5. The standard InChI is InChI=1S/C13H13BrN4O2/c1-7-3-10(14)5-9(12(7)19)6-15-18-13(20)11-4-8(2)16-17-11/h3-6,19H,1-2H3,(H,16,17)(H,18,20)/b15-6-. The Labute approximate surface area is 124 Å². The predicted molar refractivity (Wildman–Crippen MR) is 78.9 cm³/mol. The number of amides is 1. The van der Waals surface area contributed by atoms with Crippen LogP contribution in [0.25, 0.3) is 0 Å². The zero-order valence-electron chi connectivity index (χ0n) is 10.9. The van der Waals surface area contributed by atoms with E-state index in [1.165, 1.54) is 6.21 Å². The Hall–Kier alpha value is -2.15. The highest BCUT2D eigenvalue weighted by molar-refractivity contribution is 9.10. The van der Waals surface area contributed by atoms with Crippen LogP contribution in [0.15, 0.2) is 27.8 Å². The van der Waals surface area contributed by atoms with Crippen molar-refractivity contribution in [1.82, 2.24) is 15.6 Å². The van der Waals surface area contributed by atoms with Gasteiger partial charge in [-0.1, -0.05) is 15.9 Å². The van der Waals surface area contributed by atoms with Crippen LogP contribution < -0.4 is 5.43 Å². The Morgan fingerprint density at radius 3 is 2.85 bits per heavy atom. The van der Waals surface area contributed by atoms with Gasteiger partial charge in [0, 0.05) is 15.7 Å². The summed E-state index contributed by atoms with van der Waals surface area (Å²) in [5.74, 6) is -0.293. The molecule has 0 saturated heterocycles. The molecule has 104 valence electrons. The topological polar surface area (TPSA) is 90.4 Å². The van der Waals surface area contributed by atoms with Gasteiger partial charge in [-0.05, 0) is 37.6 Å². The van der Waals surface area contributed by atoms with Gasteiger partial charge in [0.05, 0.1) is 6.21 Å². The van der Waals surface area contributed by atoms with Gasteiger partial charge in [0.25, 0.3) is 5.91 Å². The zero-order chi connectivity index (χ0) is 14.7. The van der Waals surface area contributed by atoms with Crippen molar-refractivity contribution in [3.8, 4) is 5.75 Å². The van der Waals surface area contributed by atoms with Crippen molar-refractivity contribution in [3.05, 3.63) is 45.2 Å². The highest BCUT2D eigenvalue weighted by atomic mass is 79.9. The summed E-state index contributed by atoms with van der Waals surface area (Å²) in [5.41, 5.74) is 4.63. The van der Waals surface area contributed by atoms with E-state index in [1.54, 1.807) is 32.0 Å². The molecule has 1 heterocycles. The Morgan fingerprint density at radius 1 is 1.45 bits per heavy atom. The van der Waals surface area contributed by atoms with Crippen molar-refractivity contribution in [3.63, 3.8) is 0 Å². The number of aromatic nitrogens is 2. The minimum absolute atomic E-state index is 0.127. The van der Waals surface area contributed by atoms with Crippen molar-refractivity contribution >= 4 is 28.1 Å². The van der Waals surface area contributed by atoms with Crippen molar-refractivity contribution in [2.75, 3.05) is 0 Å². The number of benzene rings is 1. The van der Waals surface area contributed by atoms with Crippen LogP contribution in [0.4, 0.5) is 0 Å². The number of carbonyl (C=O) groups is 1. The van der Waals surface area contributed by atoms with Gasteiger partial charge in [-0.25, -0.2) is 5.43 Å². The van der Waals surface area contributed by atoms with Gasteiger partial charge in [0.1, 0.15) is 5.75 Å². The fourth-order valence-electron chi connectivity index (χ4n) is 1.61. The summed E-state index contributed by atoms with van der Waals surface area (Å²) in [6.45, 7) is 3.58. The van der Waals surface area contributed by atoms with E-state index in [0.29, 0.717) is 5.56 Å². The van der Waals surface area contributed by atoms with Gasteiger partial charge in [-0.2, -0.15) is 10.2 Å². The summed E-state index contributed by atoms with van der Waals surface area (Å²) < 4.78 is 0.823. The fourth-order valence-corrected chi connectivity index (χ4v) is 2.20. The molecular weight excluding hydrogens is 324 g/mol. The number of nitrogens with one attached hydrogen (secondary N) is 2. The molecule has 0 saturated carbocycles. The second-order valence-corrected chi connectivity index (χ2v) is 5.21. The molecule has 1 amide bonds. The Kier molecular flexibility index (Phi) is 4.19. The second-order valence-electron chi connectivity index (χ2n) is 4.30. The smallest absolute Gasteiger partial charge is 0.291 e. The number of aryl methyl sites for hydroxylation is 2. The molecule has 0 aliphatic rings. The first-order valence-corrected chi connectivity index (χ1v) is 6.61. The van der Waals surface area contributed by atoms with Crippen LogP contribution in [0, 0.1) is 13.8 Å². The lowest BCUT2D eigenvalue weighted by Gasteiger charge is -2.03. The van der Waals surface area contributed by atoms with Gasteiger partial charge in [-0.15, -0.1) is 0 Å². The molecule has 20 heavy (non-hydrogen) atoms. The van der Waals surface area contributed by atoms with E-state index in [2.05, 4.69) is 36.7 Å². The average Bonchev–Trinajstić information content (AvgIpc) is 2.81. The number of aromatic amines is 1. The molecule has 0 aliphatic heterocycles. The molecule has 0 unspecified atom stereocenters. The highest BCUT2D eigenvalue weighted by Crippen LogP contribution is 2.25. The van der Waals surface area contributed by atoms with E-state index in [9.17, 15) is 9.90 Å². The summed E-state index contributed by atoms with van der Waals surface area (Å²) >= 11 is 3.33. The summed E-state index contributed by atoms with van der Waals surface area (Å²) in [5, 5.41) is 20.2. The molecule has 2 rings (SSSR count). The third kappa shape index (κ3) is 3.24. The molecule has 1 aromatic heterocycles. The molecule has 7 heteroatoms. The number of phenolic OH excluding ortho intramolecular Hbond substituents is 1. The van der Waals surface area contributed by atoms with E-state index < -0.39 is 5.91 Å². The first-order valence-electron chi connectivity index (χ1n) is 5.82. The lowest BCUT2D eigenvalue weighted by Crippen LogP contribution is -2.18. The minimum atomic E-state index is -0.420. The number of hydrogen-bond acceptors (Lipinski definition) is 4. The molecular formula is C13H13BrN4O2. The number of hydrogen-bond donors (Lipinski definition) is 3. The number of H-pyrrole nitrogens is 1. The monoisotopic (exact) mass is 336 g/mol. The van der Waals surface area contributed by atoms with Gasteiger partial charge >= 0.3 is 0 Å². The fraction of sp³-hybridized carbons (Fsp3) is 0.154. The molecule has 0 radical (unpaired) electrons. The van der Waals surface area contributed by atoms with E-state index in [0.717, 1.165) is 15.7 Å². The molecule has 0 bridgehead atoms. The number of aromatic hydroxyl groups is 1. The van der Waals surface area contributed by atoms with Crippen LogP contribution in [0.2, 0.25) is 0 Å². The Bertz CT molecular complexity index is 679. The van der Waals surface area contributed by atoms with E-state index in [-0.39, 0.29) is 11.4 Å². The largest absolute Gasteiger partial charge is 0.507 e. The second kappa shape index (κ2) is 5.87. The van der Waals surface area contributed by atoms with Crippen molar-refractivity contribution in [2.45, 2.75) is 13.8 Å². The number of rotatable bonds is 3. The number of carbonyl (C=O) groups excluding carboxylic acids is 1. The molecule has 3 N–H and O–H groups in total. The van der Waals surface area contributed by atoms with Gasteiger partial charge in [0.15, 0.2) is 5.69 Å². The lowest BCUT2D eigenvalue weighted by atomic mass is 10.1. The minimum Gasteiger partial charge on any atom is -0.507 e. The Balaban J connectivity index is 2.09. The lowest BCUT2D eigenvalue weighted by molar-refractivity contribution is 0.0950. The third-order valence-electron chi connectivity index (χ3n) is 2.60. The number of phenols is 1. The van der Waals surface area contributed by atoms with Crippen LogP contribution in [-0.4, -0.2) is 27.4 Å². The number of hydrazone groups is 1. The quantitative estimate of drug-likeness (QED) is 0.593. The third-order valence-corrected chi connectivity index (χ3v) is 3.06. The molecule has 2 aromatic rings. The van der Waals surface area contributed by atoms with Crippen molar-refractivity contribution in [1.29, 1.82) is 0 Å². The molecule has 6 nitrogen and oxygen atoms in total. The molecule has 0 aliphatic carbocycles. The maximum Gasteiger partial charge on any atom is 0.291 e. The van der Waals surface area contributed by atoms with Crippen LogP contribution in [0.1, 0.15) is 27.3 Å². The number of halogens is 1. The summed E-state index contributed by atoms with van der Waals surface area (Å²) in [6, 6.07) is 5.11. The van der Waals surface area contributed by atoms with E-state index in [1.807, 2.05) is 0 Å². The highest BCUT2D eigenvalue weighted by Gasteiger charge is 2.08. The normalized spacial score (nSPS) is 10.9. The van der Waals surface area contributed by atoms with E-state index >= 15 is 0 Å². The van der Waals surface area contributed by atoms with Crippen molar-refractivity contribution in [2.24, 2.45) is 5.10 Å². The summed E-state index contributed by atoms with van der Waals surface area (Å²) in [4.78, 5) is 11.7. The van der Waals surface area contributed by atoms with Crippen LogP contribution in [0.5, 0.6) is 5.75 Å². The summed E-state index contributed by atoms with van der Waals surface area (Å²) in [6.07, 6.45) is 1.38. The van der Waals surface area contributed by atoms with Crippen molar-refractivity contribution < 1.29 is 9.90 Å². The first kappa shape index (κ1) is 14.3. The molecule has 0 fully saturated rings.